The van der Waals surface area contributed by atoms with Gasteiger partial charge in [-0.1, -0.05) is 12.1 Å². The maximum atomic E-state index is 11.1. The Bertz CT molecular complexity index is 664. The number of nitrogen functional groups attached to an aromatic ring is 1. The van der Waals surface area contributed by atoms with Crippen LogP contribution in [0.5, 0.6) is 0 Å². The summed E-state index contributed by atoms with van der Waals surface area (Å²) < 4.78 is 0. The molecule has 6 heteroatoms. The second kappa shape index (κ2) is 5.55. The van der Waals surface area contributed by atoms with Crippen LogP contribution in [0.2, 0.25) is 0 Å². The zero-order valence-electron chi connectivity index (χ0n) is 12.0. The molecular weight excluding hydrogens is 266 g/mol. The van der Waals surface area contributed by atoms with Gasteiger partial charge in [0.05, 0.1) is 11.0 Å². The summed E-state index contributed by atoms with van der Waals surface area (Å²) in [7, 11) is 0. The molecule has 0 bridgehead atoms. The lowest BCUT2D eigenvalue weighted by molar-refractivity contribution is -0.119. The number of hydrogen-bond acceptors (Lipinski definition) is 5. The lowest BCUT2D eigenvalue weighted by Gasteiger charge is -2.33. The highest BCUT2D eigenvalue weighted by atomic mass is 16.1. The topological polar surface area (TPSA) is 84.1 Å². The van der Waals surface area contributed by atoms with Crippen molar-refractivity contribution in [2.75, 3.05) is 23.7 Å². The molecule has 1 aliphatic heterocycles. The minimum absolute atomic E-state index is 0.0264. The van der Waals surface area contributed by atoms with Crippen LogP contribution in [0.4, 0.5) is 11.6 Å². The van der Waals surface area contributed by atoms with Gasteiger partial charge in [-0.05, 0) is 25.0 Å². The van der Waals surface area contributed by atoms with Gasteiger partial charge < -0.3 is 16.0 Å². The van der Waals surface area contributed by atoms with Crippen molar-refractivity contribution in [3.63, 3.8) is 0 Å². The molecule has 1 aliphatic rings. The zero-order valence-corrected chi connectivity index (χ0v) is 12.0. The van der Waals surface area contributed by atoms with E-state index in [1.807, 2.05) is 24.3 Å². The maximum absolute atomic E-state index is 11.1. The van der Waals surface area contributed by atoms with Crippen molar-refractivity contribution in [2.45, 2.75) is 25.8 Å². The third kappa shape index (κ3) is 2.89. The van der Waals surface area contributed by atoms with Gasteiger partial charge in [0.15, 0.2) is 11.6 Å². The van der Waals surface area contributed by atoms with Crippen LogP contribution in [0.25, 0.3) is 11.0 Å². The van der Waals surface area contributed by atoms with Crippen LogP contribution >= 0.6 is 0 Å². The van der Waals surface area contributed by atoms with Gasteiger partial charge in [0.25, 0.3) is 0 Å². The number of benzene rings is 1. The highest BCUT2D eigenvalue weighted by molar-refractivity contribution is 5.79. The van der Waals surface area contributed by atoms with Crippen LogP contribution in [0.15, 0.2) is 24.3 Å². The van der Waals surface area contributed by atoms with Gasteiger partial charge in [-0.15, -0.1) is 0 Å². The number of hydrogen-bond donors (Lipinski definition) is 2. The number of piperidine rings is 1. The first-order valence-electron chi connectivity index (χ1n) is 7.18. The van der Waals surface area contributed by atoms with E-state index < -0.39 is 0 Å². The number of anilines is 2. The molecule has 1 aromatic carbocycles. The van der Waals surface area contributed by atoms with Crippen LogP contribution in [0.1, 0.15) is 19.8 Å². The molecule has 1 saturated heterocycles. The van der Waals surface area contributed by atoms with Gasteiger partial charge in [-0.2, -0.15) is 0 Å². The van der Waals surface area contributed by atoms with Crippen molar-refractivity contribution >= 4 is 28.6 Å². The largest absolute Gasteiger partial charge is 0.381 e. The van der Waals surface area contributed by atoms with E-state index in [1.165, 1.54) is 0 Å². The van der Waals surface area contributed by atoms with E-state index in [9.17, 15) is 4.79 Å². The predicted molar refractivity (Wildman–Crippen MR) is 83.0 cm³/mol. The van der Waals surface area contributed by atoms with Crippen LogP contribution in [0, 0.1) is 0 Å². The Hall–Kier alpha value is -2.37. The second-order valence-electron chi connectivity index (χ2n) is 5.38. The molecular formula is C15H19N5O. The van der Waals surface area contributed by atoms with Gasteiger partial charge >= 0.3 is 0 Å². The first-order chi connectivity index (χ1) is 10.1. The van der Waals surface area contributed by atoms with E-state index in [4.69, 9.17) is 5.73 Å². The zero-order chi connectivity index (χ0) is 14.8. The fraction of sp³-hybridized carbons (Fsp3) is 0.400. The Kier molecular flexibility index (Phi) is 3.60. The molecule has 110 valence electrons. The van der Waals surface area contributed by atoms with Crippen LogP contribution in [-0.2, 0) is 4.79 Å². The molecule has 0 saturated carbocycles. The van der Waals surface area contributed by atoms with Crippen molar-refractivity contribution < 1.29 is 4.79 Å². The highest BCUT2D eigenvalue weighted by Crippen LogP contribution is 2.25. The molecule has 2 aromatic rings. The second-order valence-corrected chi connectivity index (χ2v) is 5.38. The number of amides is 1. The number of para-hydroxylation sites is 2. The summed E-state index contributed by atoms with van der Waals surface area (Å²) in [6.07, 6.45) is 1.79. The smallest absolute Gasteiger partial charge is 0.217 e. The Balaban J connectivity index is 1.79. The molecule has 21 heavy (non-hydrogen) atoms. The summed E-state index contributed by atoms with van der Waals surface area (Å²) in [4.78, 5) is 22.3. The third-order valence-corrected chi connectivity index (χ3v) is 3.78. The molecule has 0 spiro atoms. The number of nitrogens with zero attached hydrogens (tertiary/aromatic N) is 3. The number of rotatable bonds is 2. The van der Waals surface area contributed by atoms with Crippen molar-refractivity contribution in [1.82, 2.24) is 15.3 Å². The normalized spacial score (nSPS) is 16.1. The molecule has 2 heterocycles. The Morgan fingerprint density at radius 3 is 2.48 bits per heavy atom. The summed E-state index contributed by atoms with van der Waals surface area (Å²) in [5.74, 6) is 1.24. The molecule has 1 aromatic heterocycles. The van der Waals surface area contributed by atoms with Gasteiger partial charge in [-0.25, -0.2) is 9.97 Å². The summed E-state index contributed by atoms with van der Waals surface area (Å²) in [6, 6.07) is 7.96. The SMILES string of the molecule is CC(=O)NC1CCN(c2nc3ccccc3nc2N)CC1. The minimum atomic E-state index is 0.0264. The molecule has 0 unspecified atom stereocenters. The third-order valence-electron chi connectivity index (χ3n) is 3.78. The van der Waals surface area contributed by atoms with Crippen molar-refractivity contribution in [1.29, 1.82) is 0 Å². The predicted octanol–water partition coefficient (Wildman–Crippen LogP) is 1.32. The average Bonchev–Trinajstić information content (AvgIpc) is 2.47. The van der Waals surface area contributed by atoms with E-state index in [0.29, 0.717) is 5.82 Å². The van der Waals surface area contributed by atoms with Crippen molar-refractivity contribution in [2.24, 2.45) is 0 Å². The number of nitrogens with two attached hydrogens (primary N) is 1. The number of nitrogens with one attached hydrogen (secondary N) is 1. The summed E-state index contributed by atoms with van der Waals surface area (Å²) >= 11 is 0. The van der Waals surface area contributed by atoms with E-state index in [0.717, 1.165) is 42.8 Å². The highest BCUT2D eigenvalue weighted by Gasteiger charge is 2.22. The Morgan fingerprint density at radius 1 is 1.24 bits per heavy atom. The standard InChI is InChI=1S/C15H19N5O/c1-10(21)17-11-6-8-20(9-7-11)15-14(16)18-12-4-2-3-5-13(12)19-15/h2-5,11H,6-9H2,1H3,(H2,16,18)(H,17,21). The van der Waals surface area contributed by atoms with Gasteiger partial charge in [0.1, 0.15) is 0 Å². The van der Waals surface area contributed by atoms with Gasteiger partial charge in [-0.3, -0.25) is 4.79 Å². The lowest BCUT2D eigenvalue weighted by Crippen LogP contribution is -2.44. The monoisotopic (exact) mass is 285 g/mol. The van der Waals surface area contributed by atoms with Crippen LogP contribution < -0.4 is 16.0 Å². The van der Waals surface area contributed by atoms with Crippen LogP contribution in [-0.4, -0.2) is 35.0 Å². The minimum Gasteiger partial charge on any atom is -0.381 e. The fourth-order valence-electron chi connectivity index (χ4n) is 2.76. The van der Waals surface area contributed by atoms with Crippen molar-refractivity contribution in [3.8, 4) is 0 Å². The lowest BCUT2D eigenvalue weighted by atomic mass is 10.1. The molecule has 1 fully saturated rings. The quantitative estimate of drug-likeness (QED) is 0.869. The average molecular weight is 285 g/mol. The van der Waals surface area contributed by atoms with Gasteiger partial charge in [0, 0.05) is 26.1 Å². The van der Waals surface area contributed by atoms with E-state index in [2.05, 4.69) is 20.2 Å². The van der Waals surface area contributed by atoms with Crippen molar-refractivity contribution in [3.05, 3.63) is 24.3 Å². The first-order valence-corrected chi connectivity index (χ1v) is 7.18. The first kappa shape index (κ1) is 13.6. The number of aromatic nitrogens is 2. The number of carbonyl (C=O) groups excluding carboxylic acids is 1. The molecule has 6 nitrogen and oxygen atoms in total. The Labute approximate surface area is 123 Å². The summed E-state index contributed by atoms with van der Waals surface area (Å²) in [6.45, 7) is 3.20. The molecule has 0 radical (unpaired) electrons. The van der Waals surface area contributed by atoms with E-state index in [-0.39, 0.29) is 11.9 Å². The molecule has 1 amide bonds. The van der Waals surface area contributed by atoms with E-state index >= 15 is 0 Å². The Morgan fingerprint density at radius 2 is 1.86 bits per heavy atom. The van der Waals surface area contributed by atoms with E-state index in [1.54, 1.807) is 6.92 Å². The van der Waals surface area contributed by atoms with Crippen LogP contribution in [0.3, 0.4) is 0 Å². The summed E-state index contributed by atoms with van der Waals surface area (Å²) in [5, 5.41) is 2.97. The number of carbonyl (C=O) groups is 1. The fourth-order valence-corrected chi connectivity index (χ4v) is 2.76. The van der Waals surface area contributed by atoms with Gasteiger partial charge in [0.2, 0.25) is 5.91 Å². The maximum Gasteiger partial charge on any atom is 0.217 e. The molecule has 3 N–H and O–H groups in total. The number of fused-ring (bicyclic) bond motifs is 1. The molecule has 0 aliphatic carbocycles. The summed E-state index contributed by atoms with van der Waals surface area (Å²) in [5.41, 5.74) is 7.71. The molecule has 3 rings (SSSR count). The molecule has 0 atom stereocenters.